The van der Waals surface area contributed by atoms with Crippen LogP contribution in [0.4, 0.5) is 11.4 Å². The first-order chi connectivity index (χ1) is 13.4. The molecule has 8 nitrogen and oxygen atoms in total. The molecule has 28 heavy (non-hydrogen) atoms. The summed E-state index contributed by atoms with van der Waals surface area (Å²) < 4.78 is 1.86. The maximum atomic E-state index is 12.3. The molecular formula is C19H19N5O3S. The monoisotopic (exact) mass is 397 g/mol. The number of hydrogen-bond donors (Lipinski definition) is 1. The Balaban J connectivity index is 1.66. The smallest absolute Gasteiger partial charge is 0.269 e. The quantitative estimate of drug-likeness (QED) is 0.386. The molecule has 9 heteroatoms. The average Bonchev–Trinajstić information content (AvgIpc) is 3.02. The molecule has 0 aliphatic rings. The van der Waals surface area contributed by atoms with E-state index in [1.54, 1.807) is 6.92 Å². The van der Waals surface area contributed by atoms with Crippen molar-refractivity contribution in [2.75, 3.05) is 11.1 Å². The first-order valence-corrected chi connectivity index (χ1v) is 9.48. The molecule has 0 spiro atoms. The van der Waals surface area contributed by atoms with Crippen molar-refractivity contribution < 1.29 is 9.72 Å². The maximum absolute atomic E-state index is 12.3. The summed E-state index contributed by atoms with van der Waals surface area (Å²) in [5, 5.41) is 22.6. The largest absolute Gasteiger partial charge is 0.325 e. The fourth-order valence-electron chi connectivity index (χ4n) is 2.72. The average molecular weight is 397 g/mol. The van der Waals surface area contributed by atoms with E-state index in [0.717, 1.165) is 17.0 Å². The number of carbonyl (C=O) groups is 1. The molecule has 3 rings (SSSR count). The number of rotatable bonds is 6. The number of nitrogens with zero attached hydrogens (tertiary/aromatic N) is 4. The third-order valence-electron chi connectivity index (χ3n) is 4.25. The van der Waals surface area contributed by atoms with Gasteiger partial charge in [0.2, 0.25) is 5.91 Å². The number of aromatic nitrogens is 3. The lowest BCUT2D eigenvalue weighted by atomic mass is 10.1. The normalized spacial score (nSPS) is 10.7. The van der Waals surface area contributed by atoms with Crippen LogP contribution in [0.25, 0.3) is 11.4 Å². The lowest BCUT2D eigenvalue weighted by Gasteiger charge is -2.08. The first kappa shape index (κ1) is 19.6. The number of nitro groups is 1. The van der Waals surface area contributed by atoms with Crippen LogP contribution in [0.5, 0.6) is 0 Å². The number of nitro benzene ring substituents is 1. The van der Waals surface area contributed by atoms with E-state index in [2.05, 4.69) is 15.5 Å². The summed E-state index contributed by atoms with van der Waals surface area (Å²) in [4.78, 5) is 22.6. The second kappa shape index (κ2) is 8.22. The van der Waals surface area contributed by atoms with Crippen LogP contribution in [0.3, 0.4) is 0 Å². The fraction of sp³-hybridized carbons (Fsp3) is 0.211. The van der Waals surface area contributed by atoms with Gasteiger partial charge in [-0.2, -0.15) is 0 Å². The van der Waals surface area contributed by atoms with E-state index in [0.29, 0.717) is 16.4 Å². The standard InChI is InChI=1S/C19H19N5O3S/c1-12-6-4-5-7-15(12)18-21-22-19(23(18)3)28-11-17(25)20-16-9-8-14(24(26)27)10-13(16)2/h4-10H,11H2,1-3H3,(H,20,25). The zero-order valence-electron chi connectivity index (χ0n) is 15.7. The molecule has 1 N–H and O–H groups in total. The van der Waals surface area contributed by atoms with Gasteiger partial charge >= 0.3 is 0 Å². The molecule has 144 valence electrons. The maximum Gasteiger partial charge on any atom is 0.269 e. The van der Waals surface area contributed by atoms with E-state index in [9.17, 15) is 14.9 Å². The molecule has 0 aliphatic carbocycles. The summed E-state index contributed by atoms with van der Waals surface area (Å²) in [5.74, 6) is 0.672. The van der Waals surface area contributed by atoms with Crippen LogP contribution < -0.4 is 5.32 Å². The van der Waals surface area contributed by atoms with Gasteiger partial charge < -0.3 is 9.88 Å². The zero-order valence-corrected chi connectivity index (χ0v) is 16.5. The highest BCUT2D eigenvalue weighted by molar-refractivity contribution is 7.99. The highest BCUT2D eigenvalue weighted by Crippen LogP contribution is 2.25. The van der Waals surface area contributed by atoms with Gasteiger partial charge in [-0.1, -0.05) is 36.0 Å². The summed E-state index contributed by atoms with van der Waals surface area (Å²) in [6.45, 7) is 3.73. The van der Waals surface area contributed by atoms with Crippen LogP contribution in [0, 0.1) is 24.0 Å². The molecule has 0 saturated carbocycles. The number of non-ortho nitro benzene ring substituents is 1. The summed E-state index contributed by atoms with van der Waals surface area (Å²) in [5.41, 5.74) is 3.27. The number of amides is 1. The van der Waals surface area contributed by atoms with Gasteiger partial charge in [-0.25, -0.2) is 0 Å². The Morgan fingerprint density at radius 1 is 1.18 bits per heavy atom. The molecule has 0 fully saturated rings. The van der Waals surface area contributed by atoms with Gasteiger partial charge in [0.15, 0.2) is 11.0 Å². The van der Waals surface area contributed by atoms with Crippen molar-refractivity contribution in [3.05, 3.63) is 63.7 Å². The number of anilines is 1. The molecule has 0 bridgehead atoms. The van der Waals surface area contributed by atoms with Crippen molar-refractivity contribution in [1.29, 1.82) is 0 Å². The topological polar surface area (TPSA) is 103 Å². The molecule has 0 atom stereocenters. The zero-order chi connectivity index (χ0) is 20.3. The minimum atomic E-state index is -0.464. The van der Waals surface area contributed by atoms with Gasteiger partial charge in [0.25, 0.3) is 5.69 Å². The Bertz CT molecular complexity index is 1050. The van der Waals surface area contributed by atoms with E-state index in [1.165, 1.54) is 30.0 Å². The Kier molecular flexibility index (Phi) is 5.74. The van der Waals surface area contributed by atoms with Crippen molar-refractivity contribution >= 4 is 29.0 Å². The predicted octanol–water partition coefficient (Wildman–Crippen LogP) is 3.74. The Hall–Kier alpha value is -3.20. The van der Waals surface area contributed by atoms with E-state index < -0.39 is 4.92 Å². The second-order valence-corrected chi connectivity index (χ2v) is 7.22. The second-order valence-electron chi connectivity index (χ2n) is 6.27. The van der Waals surface area contributed by atoms with Gasteiger partial charge in [0.1, 0.15) is 0 Å². The third-order valence-corrected chi connectivity index (χ3v) is 5.27. The molecular weight excluding hydrogens is 378 g/mol. The molecule has 3 aromatic rings. The number of carbonyl (C=O) groups excluding carboxylic acids is 1. The molecule has 1 amide bonds. The first-order valence-electron chi connectivity index (χ1n) is 8.50. The number of hydrogen-bond acceptors (Lipinski definition) is 6. The van der Waals surface area contributed by atoms with Gasteiger partial charge in [0, 0.05) is 30.4 Å². The minimum absolute atomic E-state index is 0.00677. The van der Waals surface area contributed by atoms with Crippen LogP contribution in [-0.2, 0) is 11.8 Å². The lowest BCUT2D eigenvalue weighted by molar-refractivity contribution is -0.384. The van der Waals surface area contributed by atoms with Crippen LogP contribution in [0.1, 0.15) is 11.1 Å². The van der Waals surface area contributed by atoms with Crippen LogP contribution in [0.15, 0.2) is 47.6 Å². The highest BCUT2D eigenvalue weighted by atomic mass is 32.2. The summed E-state index contributed by atoms with van der Waals surface area (Å²) in [6, 6.07) is 12.2. The van der Waals surface area contributed by atoms with Crippen molar-refractivity contribution in [2.45, 2.75) is 19.0 Å². The highest BCUT2D eigenvalue weighted by Gasteiger charge is 2.15. The van der Waals surface area contributed by atoms with E-state index >= 15 is 0 Å². The summed E-state index contributed by atoms with van der Waals surface area (Å²) in [7, 11) is 1.86. The van der Waals surface area contributed by atoms with Gasteiger partial charge in [-0.3, -0.25) is 14.9 Å². The summed E-state index contributed by atoms with van der Waals surface area (Å²) in [6.07, 6.45) is 0. The predicted molar refractivity (Wildman–Crippen MR) is 108 cm³/mol. The van der Waals surface area contributed by atoms with Crippen molar-refractivity contribution in [2.24, 2.45) is 7.05 Å². The molecule has 1 aromatic heterocycles. The van der Waals surface area contributed by atoms with Gasteiger partial charge in [-0.05, 0) is 31.0 Å². The molecule has 0 saturated heterocycles. The van der Waals surface area contributed by atoms with Crippen molar-refractivity contribution in [3.63, 3.8) is 0 Å². The van der Waals surface area contributed by atoms with Gasteiger partial charge in [-0.15, -0.1) is 10.2 Å². The third kappa shape index (κ3) is 4.20. The van der Waals surface area contributed by atoms with Crippen LogP contribution in [-0.4, -0.2) is 31.3 Å². The van der Waals surface area contributed by atoms with Crippen molar-refractivity contribution in [3.8, 4) is 11.4 Å². The fourth-order valence-corrected chi connectivity index (χ4v) is 3.43. The van der Waals surface area contributed by atoms with Crippen LogP contribution >= 0.6 is 11.8 Å². The lowest BCUT2D eigenvalue weighted by Crippen LogP contribution is -2.15. The molecule has 0 aliphatic heterocycles. The number of nitrogens with one attached hydrogen (secondary N) is 1. The minimum Gasteiger partial charge on any atom is -0.325 e. The molecule has 0 unspecified atom stereocenters. The molecule has 0 radical (unpaired) electrons. The van der Waals surface area contributed by atoms with E-state index in [4.69, 9.17) is 0 Å². The van der Waals surface area contributed by atoms with Crippen LogP contribution in [0.2, 0.25) is 0 Å². The molecule has 2 aromatic carbocycles. The number of thioether (sulfide) groups is 1. The Morgan fingerprint density at radius 3 is 2.61 bits per heavy atom. The Labute approximate surface area is 166 Å². The number of aryl methyl sites for hydroxylation is 2. The van der Waals surface area contributed by atoms with E-state index in [-0.39, 0.29) is 17.3 Å². The SMILES string of the molecule is Cc1cc([N+](=O)[O-])ccc1NC(=O)CSc1nnc(-c2ccccc2C)n1C. The van der Waals surface area contributed by atoms with Gasteiger partial charge in [0.05, 0.1) is 10.7 Å². The number of benzene rings is 2. The van der Waals surface area contributed by atoms with Crippen molar-refractivity contribution in [1.82, 2.24) is 14.8 Å². The summed E-state index contributed by atoms with van der Waals surface area (Å²) >= 11 is 1.28. The molecule has 1 heterocycles. The van der Waals surface area contributed by atoms with E-state index in [1.807, 2.05) is 42.8 Å². The Morgan fingerprint density at radius 2 is 1.93 bits per heavy atom.